The summed E-state index contributed by atoms with van der Waals surface area (Å²) in [7, 11) is 0. The van der Waals surface area contributed by atoms with E-state index in [2.05, 4.69) is 24.1 Å². The molecule has 0 unspecified atom stereocenters. The number of carbonyl (C=O) groups excluding carboxylic acids is 1. The minimum Gasteiger partial charge on any atom is -0.379 e. The summed E-state index contributed by atoms with van der Waals surface area (Å²) in [6.07, 6.45) is 0. The predicted molar refractivity (Wildman–Crippen MR) is 132 cm³/mol. The highest BCUT2D eigenvalue weighted by Gasteiger charge is 2.27. The van der Waals surface area contributed by atoms with E-state index in [1.54, 1.807) is 20.5 Å². The van der Waals surface area contributed by atoms with Crippen LogP contribution >= 0.6 is 11.3 Å². The average molecular weight is 469 g/mol. The lowest BCUT2D eigenvalue weighted by molar-refractivity contribution is 0.0361. The molecular formula is C25H32N4O3S. The van der Waals surface area contributed by atoms with Crippen LogP contribution in [0.5, 0.6) is 0 Å². The Bertz CT molecular complexity index is 1100. The topological polar surface area (TPSA) is 68.5 Å². The summed E-state index contributed by atoms with van der Waals surface area (Å²) < 4.78 is 8.88. The van der Waals surface area contributed by atoms with Crippen molar-refractivity contribution in [3.63, 3.8) is 0 Å². The number of ether oxygens (including phenoxy) is 1. The molecular weight excluding hydrogens is 436 g/mol. The predicted octanol–water partition coefficient (Wildman–Crippen LogP) is 3.14. The maximum absolute atomic E-state index is 13.7. The molecule has 0 bridgehead atoms. The van der Waals surface area contributed by atoms with Gasteiger partial charge in [-0.05, 0) is 17.4 Å². The highest BCUT2D eigenvalue weighted by molar-refractivity contribution is 7.09. The van der Waals surface area contributed by atoms with E-state index in [4.69, 9.17) is 4.74 Å². The second-order valence-corrected chi connectivity index (χ2v) is 9.75. The van der Waals surface area contributed by atoms with Gasteiger partial charge in [-0.2, -0.15) is 0 Å². The third-order valence-electron chi connectivity index (χ3n) is 5.80. The van der Waals surface area contributed by atoms with Crippen LogP contribution < -0.4 is 11.0 Å². The van der Waals surface area contributed by atoms with Gasteiger partial charge in [0.15, 0.2) is 0 Å². The van der Waals surface area contributed by atoms with Gasteiger partial charge in [0.2, 0.25) is 0 Å². The molecule has 1 amide bonds. The first-order chi connectivity index (χ1) is 16.0. The molecule has 1 aromatic carbocycles. The summed E-state index contributed by atoms with van der Waals surface area (Å²) >= 11 is 1.61. The van der Waals surface area contributed by atoms with Crippen LogP contribution in [0.2, 0.25) is 0 Å². The second kappa shape index (κ2) is 11.0. The third kappa shape index (κ3) is 5.63. The minimum atomic E-state index is -0.202. The van der Waals surface area contributed by atoms with Gasteiger partial charge >= 0.3 is 5.69 Å². The van der Waals surface area contributed by atoms with Crippen molar-refractivity contribution < 1.29 is 9.53 Å². The molecule has 1 fully saturated rings. The molecule has 0 radical (unpaired) electrons. The zero-order valence-corrected chi connectivity index (χ0v) is 20.1. The summed E-state index contributed by atoms with van der Waals surface area (Å²) in [5.41, 5.74) is 1.84. The minimum absolute atomic E-state index is 0.148. The molecule has 3 aromatic rings. The number of morpholine rings is 1. The number of carbonyl (C=O) groups is 1. The molecule has 1 saturated heterocycles. The Labute approximate surface area is 198 Å². The number of imidazole rings is 1. The second-order valence-electron chi connectivity index (χ2n) is 8.72. The maximum Gasteiger partial charge on any atom is 0.329 e. The van der Waals surface area contributed by atoms with Gasteiger partial charge in [0, 0.05) is 43.2 Å². The number of aromatic nitrogens is 2. The number of amides is 1. The van der Waals surface area contributed by atoms with Gasteiger partial charge in [-0.15, -0.1) is 11.3 Å². The molecule has 0 spiro atoms. The fourth-order valence-electron chi connectivity index (χ4n) is 4.07. The van der Waals surface area contributed by atoms with Crippen LogP contribution in [0.25, 0.3) is 11.3 Å². The van der Waals surface area contributed by atoms with Crippen LogP contribution in [-0.4, -0.2) is 59.3 Å². The highest BCUT2D eigenvalue weighted by atomic mass is 32.1. The summed E-state index contributed by atoms with van der Waals surface area (Å²) in [6, 6.07) is 13.8. The normalized spacial score (nSPS) is 14.6. The summed E-state index contributed by atoms with van der Waals surface area (Å²) in [4.78, 5) is 30.6. The van der Waals surface area contributed by atoms with Crippen molar-refractivity contribution in [1.29, 1.82) is 0 Å². The first-order valence-corrected chi connectivity index (χ1v) is 12.4. The van der Waals surface area contributed by atoms with Gasteiger partial charge in [-0.3, -0.25) is 18.8 Å². The molecule has 8 heteroatoms. The Kier molecular flexibility index (Phi) is 7.80. The fraction of sp³-hybridized carbons (Fsp3) is 0.440. The average Bonchev–Trinajstić information content (AvgIpc) is 3.44. The van der Waals surface area contributed by atoms with Gasteiger partial charge < -0.3 is 10.1 Å². The summed E-state index contributed by atoms with van der Waals surface area (Å²) in [5.74, 6) is 0.113. The lowest BCUT2D eigenvalue weighted by atomic mass is 10.1. The van der Waals surface area contributed by atoms with E-state index in [-0.39, 0.29) is 11.6 Å². The molecule has 1 aliphatic heterocycles. The van der Waals surface area contributed by atoms with Crippen LogP contribution in [0.4, 0.5) is 0 Å². The molecule has 4 rings (SSSR count). The lowest BCUT2D eigenvalue weighted by Crippen LogP contribution is -2.40. The zero-order valence-electron chi connectivity index (χ0n) is 19.3. The number of hydrogen-bond donors (Lipinski definition) is 1. The van der Waals surface area contributed by atoms with Crippen LogP contribution in [-0.2, 0) is 17.8 Å². The van der Waals surface area contributed by atoms with Crippen molar-refractivity contribution in [2.75, 3.05) is 39.4 Å². The Balaban J connectivity index is 1.79. The number of hydrogen-bond acceptors (Lipinski definition) is 5. The fourth-order valence-corrected chi connectivity index (χ4v) is 4.76. The molecule has 0 atom stereocenters. The Hall–Kier alpha value is -2.68. The van der Waals surface area contributed by atoms with Crippen molar-refractivity contribution in [2.45, 2.75) is 26.9 Å². The number of nitrogens with one attached hydrogen (secondary N) is 1. The van der Waals surface area contributed by atoms with Gasteiger partial charge in [0.05, 0.1) is 25.5 Å². The van der Waals surface area contributed by atoms with Crippen LogP contribution in [0, 0.1) is 5.92 Å². The molecule has 0 aliphatic carbocycles. The first-order valence-electron chi connectivity index (χ1n) is 11.5. The Morgan fingerprint density at radius 3 is 2.48 bits per heavy atom. The van der Waals surface area contributed by atoms with Gasteiger partial charge in [0.25, 0.3) is 5.91 Å². The van der Waals surface area contributed by atoms with Crippen LogP contribution in [0.3, 0.4) is 0 Å². The molecule has 2 aromatic heterocycles. The molecule has 3 heterocycles. The molecule has 1 N–H and O–H groups in total. The monoisotopic (exact) mass is 468 g/mol. The van der Waals surface area contributed by atoms with E-state index in [0.717, 1.165) is 23.5 Å². The van der Waals surface area contributed by atoms with Gasteiger partial charge in [-0.25, -0.2) is 4.79 Å². The smallest absolute Gasteiger partial charge is 0.329 e. The number of nitrogens with zero attached hydrogens (tertiary/aromatic N) is 3. The largest absolute Gasteiger partial charge is 0.379 e. The molecule has 1 aliphatic rings. The Morgan fingerprint density at radius 1 is 1.06 bits per heavy atom. The zero-order chi connectivity index (χ0) is 23.2. The van der Waals surface area contributed by atoms with Crippen molar-refractivity contribution in [2.24, 2.45) is 5.92 Å². The van der Waals surface area contributed by atoms with E-state index >= 15 is 0 Å². The Morgan fingerprint density at radius 2 is 1.82 bits per heavy atom. The summed E-state index contributed by atoms with van der Waals surface area (Å²) in [6.45, 7) is 9.35. The molecule has 7 nitrogen and oxygen atoms in total. The molecule has 176 valence electrons. The number of thiophene rings is 1. The van der Waals surface area contributed by atoms with E-state index in [9.17, 15) is 9.59 Å². The van der Waals surface area contributed by atoms with Crippen molar-refractivity contribution in [3.8, 4) is 11.3 Å². The highest BCUT2D eigenvalue weighted by Crippen LogP contribution is 2.25. The molecule has 33 heavy (non-hydrogen) atoms. The lowest BCUT2D eigenvalue weighted by Gasteiger charge is -2.26. The SMILES string of the molecule is CC(C)CNC(=O)c1c(-c2ccccc2)n(Cc2cccs2)c(=O)n1CCN1CCOCC1. The van der Waals surface area contributed by atoms with E-state index in [1.807, 2.05) is 47.8 Å². The van der Waals surface area contributed by atoms with Crippen LogP contribution in [0.1, 0.15) is 29.2 Å². The number of rotatable bonds is 9. The van der Waals surface area contributed by atoms with Crippen LogP contribution in [0.15, 0.2) is 52.6 Å². The quantitative estimate of drug-likeness (QED) is 0.524. The molecule has 0 saturated carbocycles. The first kappa shape index (κ1) is 23.5. The van der Waals surface area contributed by atoms with Crippen molar-refractivity contribution in [1.82, 2.24) is 19.4 Å². The van der Waals surface area contributed by atoms with Gasteiger partial charge in [-0.1, -0.05) is 50.2 Å². The maximum atomic E-state index is 13.7. The standard InChI is InChI=1S/C25H32N4O3S/c1-19(2)17-26-24(30)23-22(20-7-4-3-5-8-20)29(18-21-9-6-16-33-21)25(31)28(23)11-10-27-12-14-32-15-13-27/h3-9,16,19H,10-15,17-18H2,1-2H3,(H,26,30). The number of benzene rings is 1. The summed E-state index contributed by atoms with van der Waals surface area (Å²) in [5, 5.41) is 5.05. The van der Waals surface area contributed by atoms with Gasteiger partial charge in [0.1, 0.15) is 5.69 Å². The van der Waals surface area contributed by atoms with E-state index in [0.29, 0.717) is 56.7 Å². The third-order valence-corrected chi connectivity index (χ3v) is 6.66. The van der Waals surface area contributed by atoms with Crippen molar-refractivity contribution in [3.05, 3.63) is 68.9 Å². The van der Waals surface area contributed by atoms with Crippen molar-refractivity contribution >= 4 is 17.2 Å². The van der Waals surface area contributed by atoms with E-state index in [1.165, 1.54) is 0 Å². The van der Waals surface area contributed by atoms with E-state index < -0.39 is 0 Å².